The first kappa shape index (κ1) is 18.1. The Kier molecular flexibility index (Phi) is 4.43. The quantitative estimate of drug-likeness (QED) is 0.847. The van der Waals surface area contributed by atoms with Crippen LogP contribution in [0.3, 0.4) is 0 Å². The molecule has 4 heterocycles. The largest absolute Gasteiger partial charge is 0.373 e. The minimum absolute atomic E-state index is 0.141. The third-order valence-electron chi connectivity index (χ3n) is 6.04. The molecule has 8 heteroatoms. The Bertz CT molecular complexity index is 915. The Hall–Kier alpha value is -3.00. The fourth-order valence-corrected chi connectivity index (χ4v) is 4.44. The average molecular weight is 393 g/mol. The van der Waals surface area contributed by atoms with Crippen molar-refractivity contribution in [3.05, 3.63) is 53.2 Å². The number of urea groups is 1. The van der Waals surface area contributed by atoms with Crippen LogP contribution < -0.4 is 5.32 Å². The number of anilines is 1. The smallest absolute Gasteiger partial charge is 0.323 e. The van der Waals surface area contributed by atoms with E-state index in [1.54, 1.807) is 21.9 Å². The Morgan fingerprint density at radius 1 is 1.00 bits per heavy atom. The lowest BCUT2D eigenvalue weighted by molar-refractivity contribution is 0.0126. The summed E-state index contributed by atoms with van der Waals surface area (Å²) in [7, 11) is 0. The summed E-state index contributed by atoms with van der Waals surface area (Å²) < 4.78 is 5.87. The zero-order valence-corrected chi connectivity index (χ0v) is 16.1. The number of fused-ring (bicyclic) bond motifs is 1. The van der Waals surface area contributed by atoms with E-state index in [1.165, 1.54) is 0 Å². The van der Waals surface area contributed by atoms with Crippen molar-refractivity contribution in [3.8, 4) is 0 Å². The number of hydrogen-bond acceptors (Lipinski definition) is 5. The van der Waals surface area contributed by atoms with Crippen LogP contribution in [0.15, 0.2) is 36.4 Å². The molecule has 0 saturated carbocycles. The molecular weight excluding hydrogens is 370 g/mol. The second kappa shape index (κ2) is 7.11. The normalized spacial score (nSPS) is 22.9. The minimum atomic E-state index is -0.227. The second-order valence-corrected chi connectivity index (χ2v) is 7.97. The molecule has 150 valence electrons. The van der Waals surface area contributed by atoms with Crippen LogP contribution in [0.1, 0.15) is 40.9 Å². The molecule has 0 aliphatic carbocycles. The van der Waals surface area contributed by atoms with Crippen molar-refractivity contribution in [3.63, 3.8) is 0 Å². The van der Waals surface area contributed by atoms with Gasteiger partial charge in [0.05, 0.1) is 12.1 Å². The first-order chi connectivity index (χ1) is 14.1. The molecule has 2 aromatic rings. The molecule has 1 aromatic heterocycles. The molecule has 3 aliphatic rings. The lowest BCUT2D eigenvalue weighted by Crippen LogP contribution is -2.36. The van der Waals surface area contributed by atoms with E-state index in [0.717, 1.165) is 37.0 Å². The lowest BCUT2D eigenvalue weighted by atomic mass is 10.00. The molecule has 0 bridgehead atoms. The lowest BCUT2D eigenvalue weighted by Gasteiger charge is -2.22. The van der Waals surface area contributed by atoms with Crippen molar-refractivity contribution < 1.29 is 14.3 Å². The number of aromatic nitrogens is 2. The predicted molar refractivity (Wildman–Crippen MR) is 105 cm³/mol. The van der Waals surface area contributed by atoms with E-state index >= 15 is 0 Å². The topological polar surface area (TPSA) is 87.7 Å². The number of carbonyl (C=O) groups is 2. The standard InChI is InChI=1S/C21H23N5O3/c27-19(25-10-9-21(14-25)8-3-11-29-21)17-6-7-18(24-23-17)22-20(28)26-12-15-4-1-2-5-16(15)13-26/h1-2,4-7H,3,8-14H2,(H,22,24,28). The van der Waals surface area contributed by atoms with Gasteiger partial charge in [-0.2, -0.15) is 0 Å². The van der Waals surface area contributed by atoms with Crippen molar-refractivity contribution in [1.82, 2.24) is 20.0 Å². The molecule has 1 unspecified atom stereocenters. The molecule has 2 fully saturated rings. The van der Waals surface area contributed by atoms with Gasteiger partial charge >= 0.3 is 6.03 Å². The van der Waals surface area contributed by atoms with Crippen LogP contribution in [-0.2, 0) is 17.8 Å². The fraction of sp³-hybridized carbons (Fsp3) is 0.429. The maximum atomic E-state index is 12.7. The van der Waals surface area contributed by atoms with Gasteiger partial charge in [0.25, 0.3) is 5.91 Å². The molecule has 3 amide bonds. The van der Waals surface area contributed by atoms with Crippen LogP contribution in [0.4, 0.5) is 10.6 Å². The Morgan fingerprint density at radius 2 is 1.79 bits per heavy atom. The third-order valence-corrected chi connectivity index (χ3v) is 6.04. The van der Waals surface area contributed by atoms with Gasteiger partial charge in [-0.05, 0) is 42.5 Å². The number of carbonyl (C=O) groups excluding carboxylic acids is 2. The summed E-state index contributed by atoms with van der Waals surface area (Å²) in [6.45, 7) is 3.21. The SMILES string of the molecule is O=C(Nc1ccc(C(=O)N2CCC3(CCCO3)C2)nn1)N1Cc2ccccc2C1. The van der Waals surface area contributed by atoms with Crippen LogP contribution in [0.2, 0.25) is 0 Å². The van der Waals surface area contributed by atoms with Gasteiger partial charge < -0.3 is 14.5 Å². The van der Waals surface area contributed by atoms with E-state index in [0.29, 0.717) is 32.0 Å². The summed E-state index contributed by atoms with van der Waals surface area (Å²) in [4.78, 5) is 28.7. The van der Waals surface area contributed by atoms with Crippen LogP contribution in [0, 0.1) is 0 Å². The molecule has 1 spiro atoms. The second-order valence-electron chi connectivity index (χ2n) is 7.97. The van der Waals surface area contributed by atoms with Gasteiger partial charge in [-0.25, -0.2) is 4.79 Å². The number of hydrogen-bond donors (Lipinski definition) is 1. The van der Waals surface area contributed by atoms with Crippen LogP contribution in [0.5, 0.6) is 0 Å². The maximum absolute atomic E-state index is 12.7. The summed E-state index contributed by atoms with van der Waals surface area (Å²) in [6.07, 6.45) is 2.94. The fourth-order valence-electron chi connectivity index (χ4n) is 4.44. The number of benzene rings is 1. The van der Waals surface area contributed by atoms with Crippen molar-refractivity contribution in [2.45, 2.75) is 38.0 Å². The van der Waals surface area contributed by atoms with E-state index < -0.39 is 0 Å². The molecule has 1 aromatic carbocycles. The summed E-state index contributed by atoms with van der Waals surface area (Å²) >= 11 is 0. The number of nitrogens with one attached hydrogen (secondary N) is 1. The van der Waals surface area contributed by atoms with Gasteiger partial charge in [-0.15, -0.1) is 10.2 Å². The van der Waals surface area contributed by atoms with Crippen LogP contribution in [0.25, 0.3) is 0 Å². The molecule has 3 aliphatic heterocycles. The molecule has 2 saturated heterocycles. The highest BCUT2D eigenvalue weighted by Gasteiger charge is 2.43. The van der Waals surface area contributed by atoms with Gasteiger partial charge in [0, 0.05) is 26.2 Å². The number of amides is 3. The van der Waals surface area contributed by atoms with Gasteiger partial charge in [0.1, 0.15) is 0 Å². The number of ether oxygens (including phenoxy) is 1. The Labute approximate surface area is 168 Å². The van der Waals surface area contributed by atoms with Crippen molar-refractivity contribution in [2.24, 2.45) is 0 Å². The van der Waals surface area contributed by atoms with E-state index in [4.69, 9.17) is 4.74 Å². The first-order valence-corrected chi connectivity index (χ1v) is 10.0. The van der Waals surface area contributed by atoms with Crippen molar-refractivity contribution in [2.75, 3.05) is 25.0 Å². The summed E-state index contributed by atoms with van der Waals surface area (Å²) in [6, 6.07) is 11.0. The van der Waals surface area contributed by atoms with Gasteiger partial charge in [0.15, 0.2) is 11.5 Å². The monoisotopic (exact) mass is 393 g/mol. The van der Waals surface area contributed by atoms with Crippen LogP contribution in [-0.4, -0.2) is 57.2 Å². The molecular formula is C21H23N5O3. The first-order valence-electron chi connectivity index (χ1n) is 10.0. The Morgan fingerprint density at radius 3 is 2.45 bits per heavy atom. The molecule has 29 heavy (non-hydrogen) atoms. The number of nitrogens with zero attached hydrogens (tertiary/aromatic N) is 4. The number of rotatable bonds is 2. The summed E-state index contributed by atoms with van der Waals surface area (Å²) in [5.74, 6) is 0.192. The number of likely N-dealkylation sites (tertiary alicyclic amines) is 1. The highest BCUT2D eigenvalue weighted by Crippen LogP contribution is 2.35. The summed E-state index contributed by atoms with van der Waals surface area (Å²) in [5.41, 5.74) is 2.44. The molecule has 5 rings (SSSR count). The minimum Gasteiger partial charge on any atom is -0.373 e. The maximum Gasteiger partial charge on any atom is 0.323 e. The molecule has 1 N–H and O–H groups in total. The zero-order chi connectivity index (χ0) is 19.8. The highest BCUT2D eigenvalue weighted by atomic mass is 16.5. The summed E-state index contributed by atoms with van der Waals surface area (Å²) in [5, 5.41) is 10.8. The molecule has 8 nitrogen and oxygen atoms in total. The van der Waals surface area contributed by atoms with E-state index in [2.05, 4.69) is 15.5 Å². The van der Waals surface area contributed by atoms with Gasteiger partial charge in [-0.3, -0.25) is 10.1 Å². The third kappa shape index (κ3) is 3.44. The molecule has 0 radical (unpaired) electrons. The van der Waals surface area contributed by atoms with E-state index in [1.807, 2.05) is 24.3 Å². The van der Waals surface area contributed by atoms with E-state index in [-0.39, 0.29) is 23.2 Å². The highest BCUT2D eigenvalue weighted by molar-refractivity contribution is 5.93. The van der Waals surface area contributed by atoms with Gasteiger partial charge in [0.2, 0.25) is 0 Å². The molecule has 1 atom stereocenters. The van der Waals surface area contributed by atoms with Crippen molar-refractivity contribution in [1.29, 1.82) is 0 Å². The van der Waals surface area contributed by atoms with E-state index in [9.17, 15) is 9.59 Å². The Balaban J connectivity index is 1.20. The average Bonchev–Trinajstić information content (AvgIpc) is 3.48. The van der Waals surface area contributed by atoms with Gasteiger partial charge in [-0.1, -0.05) is 24.3 Å². The zero-order valence-electron chi connectivity index (χ0n) is 16.1. The predicted octanol–water partition coefficient (Wildman–Crippen LogP) is 2.42. The van der Waals surface area contributed by atoms with Crippen molar-refractivity contribution >= 4 is 17.8 Å². The van der Waals surface area contributed by atoms with Crippen LogP contribution >= 0.6 is 0 Å².